The topological polar surface area (TPSA) is 28.7 Å². The van der Waals surface area contributed by atoms with Gasteiger partial charge < -0.3 is 4.98 Å². The van der Waals surface area contributed by atoms with Gasteiger partial charge in [-0.05, 0) is 12.5 Å². The third-order valence-electron chi connectivity index (χ3n) is 1.96. The molecule has 0 spiro atoms. The van der Waals surface area contributed by atoms with Crippen LogP contribution in [0, 0.1) is 6.92 Å². The van der Waals surface area contributed by atoms with Crippen LogP contribution >= 0.6 is 12.6 Å². The Morgan fingerprint density at radius 2 is 2.08 bits per heavy atom. The normalized spacial score (nSPS) is 10.3. The zero-order chi connectivity index (χ0) is 9.26. The number of aryl methyl sites for hydroxylation is 1. The predicted octanol–water partition coefficient (Wildman–Crippen LogP) is 2.67. The Kier molecular flexibility index (Phi) is 2.10. The van der Waals surface area contributed by atoms with Crippen molar-refractivity contribution in [3.05, 3.63) is 36.0 Å². The predicted molar refractivity (Wildman–Crippen MR) is 56.0 cm³/mol. The molecule has 2 nitrogen and oxygen atoms in total. The van der Waals surface area contributed by atoms with Gasteiger partial charge in [-0.25, -0.2) is 4.98 Å². The first-order chi connectivity index (χ1) is 6.27. The Labute approximate surface area is 82.4 Å². The number of thiol groups is 1. The first-order valence-corrected chi connectivity index (χ1v) is 4.52. The van der Waals surface area contributed by atoms with Crippen LogP contribution in [0.2, 0.25) is 0 Å². The van der Waals surface area contributed by atoms with Gasteiger partial charge in [0, 0.05) is 5.56 Å². The van der Waals surface area contributed by atoms with E-state index in [9.17, 15) is 0 Å². The number of H-pyrrole nitrogens is 1. The average molecular weight is 190 g/mol. The van der Waals surface area contributed by atoms with E-state index in [1.807, 2.05) is 18.2 Å². The second-order valence-electron chi connectivity index (χ2n) is 2.93. The van der Waals surface area contributed by atoms with Crippen LogP contribution in [-0.4, -0.2) is 9.97 Å². The van der Waals surface area contributed by atoms with Crippen LogP contribution in [0.3, 0.4) is 0 Å². The summed E-state index contributed by atoms with van der Waals surface area (Å²) < 4.78 is 0. The van der Waals surface area contributed by atoms with Crippen molar-refractivity contribution in [1.82, 2.24) is 9.97 Å². The van der Waals surface area contributed by atoms with Crippen molar-refractivity contribution >= 4 is 12.6 Å². The molecule has 0 fully saturated rings. The molecule has 0 aliphatic rings. The van der Waals surface area contributed by atoms with Gasteiger partial charge in [-0.3, -0.25) is 0 Å². The van der Waals surface area contributed by atoms with Crippen molar-refractivity contribution in [2.45, 2.75) is 11.9 Å². The molecule has 2 aromatic rings. The Hall–Kier alpha value is -1.22. The van der Waals surface area contributed by atoms with E-state index < -0.39 is 0 Å². The van der Waals surface area contributed by atoms with Crippen molar-refractivity contribution in [3.63, 3.8) is 0 Å². The van der Waals surface area contributed by atoms with Gasteiger partial charge in [0.25, 0.3) is 0 Å². The molecule has 1 heterocycles. The smallest absolute Gasteiger partial charge is 0.138 e. The molecule has 0 unspecified atom stereocenters. The first-order valence-electron chi connectivity index (χ1n) is 4.07. The number of hydrogen-bond acceptors (Lipinski definition) is 2. The molecule has 1 aromatic carbocycles. The van der Waals surface area contributed by atoms with Gasteiger partial charge in [0.15, 0.2) is 0 Å². The van der Waals surface area contributed by atoms with Crippen molar-refractivity contribution in [2.24, 2.45) is 0 Å². The van der Waals surface area contributed by atoms with Crippen LogP contribution in [0.5, 0.6) is 0 Å². The van der Waals surface area contributed by atoms with Gasteiger partial charge in [-0.1, -0.05) is 24.3 Å². The summed E-state index contributed by atoms with van der Waals surface area (Å²) in [6, 6.07) is 8.13. The summed E-state index contributed by atoms with van der Waals surface area (Å²) in [5, 5.41) is 0.790. The quantitative estimate of drug-likeness (QED) is 0.665. The maximum atomic E-state index is 4.21. The van der Waals surface area contributed by atoms with E-state index in [2.05, 4.69) is 35.6 Å². The molecule has 0 aliphatic carbocycles. The van der Waals surface area contributed by atoms with Crippen LogP contribution < -0.4 is 0 Å². The lowest BCUT2D eigenvalue weighted by atomic mass is 10.1. The van der Waals surface area contributed by atoms with E-state index in [4.69, 9.17) is 0 Å². The molecule has 2 rings (SSSR count). The Morgan fingerprint density at radius 3 is 2.69 bits per heavy atom. The van der Waals surface area contributed by atoms with E-state index in [0.717, 1.165) is 16.4 Å². The van der Waals surface area contributed by atoms with Gasteiger partial charge in [0.05, 0.1) is 11.2 Å². The standard InChI is InChI=1S/C10H10N2S/c1-7-4-2-3-5-8(7)10-11-6-9(13)12-10/h2-6,13H,1H3,(H,11,12). The lowest BCUT2D eigenvalue weighted by Gasteiger charge is -2.00. The third kappa shape index (κ3) is 1.60. The summed E-state index contributed by atoms with van der Waals surface area (Å²) in [6.45, 7) is 2.07. The second kappa shape index (κ2) is 3.26. The van der Waals surface area contributed by atoms with Gasteiger partial charge in [-0.2, -0.15) is 0 Å². The first kappa shape index (κ1) is 8.38. The number of hydrogen-bond donors (Lipinski definition) is 2. The van der Waals surface area contributed by atoms with E-state index in [-0.39, 0.29) is 0 Å². The molecule has 0 saturated heterocycles. The number of aromatic nitrogens is 2. The average Bonchev–Trinajstić information content (AvgIpc) is 2.53. The number of imidazole rings is 1. The second-order valence-corrected chi connectivity index (χ2v) is 3.41. The summed E-state index contributed by atoms with van der Waals surface area (Å²) in [5.74, 6) is 0.878. The van der Waals surface area contributed by atoms with E-state index in [1.54, 1.807) is 6.20 Å². The van der Waals surface area contributed by atoms with E-state index in [0.29, 0.717) is 0 Å². The van der Waals surface area contributed by atoms with E-state index >= 15 is 0 Å². The highest BCUT2D eigenvalue weighted by Crippen LogP contribution is 2.20. The molecule has 3 heteroatoms. The summed E-state index contributed by atoms with van der Waals surface area (Å²) in [6.07, 6.45) is 1.71. The molecule has 0 radical (unpaired) electrons. The lowest BCUT2D eigenvalue weighted by Crippen LogP contribution is -1.83. The van der Waals surface area contributed by atoms with Crippen LogP contribution in [0.1, 0.15) is 5.56 Å². The Balaban J connectivity index is 2.52. The monoisotopic (exact) mass is 190 g/mol. The molecule has 13 heavy (non-hydrogen) atoms. The number of nitrogens with one attached hydrogen (secondary N) is 1. The maximum absolute atomic E-state index is 4.21. The molecule has 1 N–H and O–H groups in total. The molecular formula is C10H10N2S. The molecule has 66 valence electrons. The summed E-state index contributed by atoms with van der Waals surface area (Å²) >= 11 is 4.17. The van der Waals surface area contributed by atoms with Crippen LogP contribution in [0.25, 0.3) is 11.4 Å². The van der Waals surface area contributed by atoms with Gasteiger partial charge in [0.1, 0.15) is 5.82 Å². The molecule has 0 bridgehead atoms. The number of rotatable bonds is 1. The molecule has 0 amide bonds. The Bertz CT molecular complexity index is 420. The minimum absolute atomic E-state index is 0.790. The summed E-state index contributed by atoms with van der Waals surface area (Å²) in [4.78, 5) is 7.30. The molecular weight excluding hydrogens is 180 g/mol. The molecule has 0 atom stereocenters. The van der Waals surface area contributed by atoms with Crippen molar-refractivity contribution in [1.29, 1.82) is 0 Å². The van der Waals surface area contributed by atoms with Crippen molar-refractivity contribution < 1.29 is 0 Å². The number of benzene rings is 1. The van der Waals surface area contributed by atoms with Gasteiger partial charge in [-0.15, -0.1) is 12.6 Å². The van der Waals surface area contributed by atoms with Crippen molar-refractivity contribution in [3.8, 4) is 11.4 Å². The zero-order valence-electron chi connectivity index (χ0n) is 7.28. The van der Waals surface area contributed by atoms with Crippen LogP contribution in [0.15, 0.2) is 35.5 Å². The fourth-order valence-electron chi connectivity index (χ4n) is 1.29. The van der Waals surface area contributed by atoms with E-state index in [1.165, 1.54) is 5.56 Å². The number of aromatic amines is 1. The zero-order valence-corrected chi connectivity index (χ0v) is 8.18. The minimum atomic E-state index is 0.790. The summed E-state index contributed by atoms with van der Waals surface area (Å²) in [7, 11) is 0. The van der Waals surface area contributed by atoms with Crippen LogP contribution in [-0.2, 0) is 0 Å². The molecule has 1 aromatic heterocycles. The van der Waals surface area contributed by atoms with Crippen molar-refractivity contribution in [2.75, 3.05) is 0 Å². The summed E-state index contributed by atoms with van der Waals surface area (Å²) in [5.41, 5.74) is 2.34. The fourth-order valence-corrected chi connectivity index (χ4v) is 1.45. The lowest BCUT2D eigenvalue weighted by molar-refractivity contribution is 1.21. The SMILES string of the molecule is Cc1ccccc1-c1ncc(S)[nH]1. The fraction of sp³-hybridized carbons (Fsp3) is 0.100. The largest absolute Gasteiger partial charge is 0.333 e. The molecule has 0 aliphatic heterocycles. The highest BCUT2D eigenvalue weighted by molar-refractivity contribution is 7.80. The number of nitrogens with zero attached hydrogens (tertiary/aromatic N) is 1. The third-order valence-corrected chi connectivity index (χ3v) is 2.19. The Morgan fingerprint density at radius 1 is 1.31 bits per heavy atom. The maximum Gasteiger partial charge on any atom is 0.138 e. The highest BCUT2D eigenvalue weighted by atomic mass is 32.1. The molecule has 0 saturated carbocycles. The minimum Gasteiger partial charge on any atom is -0.333 e. The highest BCUT2D eigenvalue weighted by Gasteiger charge is 2.03. The van der Waals surface area contributed by atoms with Crippen LogP contribution in [0.4, 0.5) is 0 Å². The van der Waals surface area contributed by atoms with Gasteiger partial charge >= 0.3 is 0 Å². The van der Waals surface area contributed by atoms with Gasteiger partial charge in [0.2, 0.25) is 0 Å².